The number of nitro groups is 2. The zero-order valence-corrected chi connectivity index (χ0v) is 10.8. The molecule has 3 N–H and O–H groups in total. The monoisotopic (exact) mass is 295 g/mol. The van der Waals surface area contributed by atoms with E-state index >= 15 is 0 Å². The van der Waals surface area contributed by atoms with Crippen molar-refractivity contribution < 1.29 is 9.85 Å². The van der Waals surface area contributed by atoms with E-state index in [9.17, 15) is 20.2 Å². The van der Waals surface area contributed by atoms with Crippen LogP contribution in [0, 0.1) is 34.1 Å². The predicted molar refractivity (Wildman–Crippen MR) is 68.1 cm³/mol. The van der Waals surface area contributed by atoms with Crippen LogP contribution in [0.2, 0.25) is 0 Å². The summed E-state index contributed by atoms with van der Waals surface area (Å²) in [6, 6.07) is 0. The third-order valence-electron chi connectivity index (χ3n) is 2.48. The number of aromatic amines is 2. The average molecular weight is 295 g/mol. The van der Waals surface area contributed by atoms with Crippen LogP contribution in [-0.2, 0) is 0 Å². The highest BCUT2D eigenvalue weighted by molar-refractivity contribution is 5.58. The fraction of sp³-hybridized carbons (Fsp3) is 0.250. The number of nitrogens with one attached hydrogen (secondary N) is 3. The van der Waals surface area contributed by atoms with Crippen molar-refractivity contribution in [3.63, 3.8) is 0 Å². The number of hydrogen-bond acceptors (Lipinski definition) is 8. The highest BCUT2D eigenvalue weighted by Crippen LogP contribution is 2.29. The molecule has 0 aliphatic rings. The molecule has 110 valence electrons. The lowest BCUT2D eigenvalue weighted by Gasteiger charge is -1.93. The van der Waals surface area contributed by atoms with E-state index in [2.05, 4.69) is 36.2 Å². The fourth-order valence-electron chi connectivity index (χ4n) is 1.54. The minimum Gasteiger partial charge on any atom is -0.273 e. The largest absolute Gasteiger partial charge is 0.337 e. The van der Waals surface area contributed by atoms with E-state index in [0.29, 0.717) is 0 Å². The molecule has 0 amide bonds. The van der Waals surface area contributed by atoms with Crippen molar-refractivity contribution in [2.75, 3.05) is 5.43 Å². The average Bonchev–Trinajstić information content (AvgIpc) is 2.93. The van der Waals surface area contributed by atoms with Gasteiger partial charge in [-0.25, -0.2) is 5.43 Å². The van der Waals surface area contributed by atoms with Gasteiger partial charge in [-0.15, -0.1) is 15.3 Å². The topological polar surface area (TPSA) is 180 Å². The summed E-state index contributed by atoms with van der Waals surface area (Å²) in [4.78, 5) is 20.3. The van der Waals surface area contributed by atoms with Gasteiger partial charge in [0.15, 0.2) is 0 Å². The van der Waals surface area contributed by atoms with Gasteiger partial charge in [-0.2, -0.15) is 0 Å². The van der Waals surface area contributed by atoms with Gasteiger partial charge in [-0.1, -0.05) is 5.22 Å². The SMILES string of the molecule is Cc1[nH]nc(N=NNc2n[nH]c(C)c2[N+](=O)[O-])c1[N+](=O)[O-]. The number of nitrogens with zero attached hydrogens (tertiary/aromatic N) is 6. The molecule has 2 aromatic heterocycles. The molecule has 13 nitrogen and oxygen atoms in total. The Morgan fingerprint density at radius 1 is 1.05 bits per heavy atom. The molecule has 0 atom stereocenters. The summed E-state index contributed by atoms with van der Waals surface area (Å²) in [5.41, 5.74) is 2.07. The molecule has 0 aliphatic heterocycles. The minimum atomic E-state index is -0.658. The van der Waals surface area contributed by atoms with Crippen LogP contribution in [0.5, 0.6) is 0 Å². The number of aromatic nitrogens is 4. The summed E-state index contributed by atoms with van der Waals surface area (Å²) in [7, 11) is 0. The lowest BCUT2D eigenvalue weighted by molar-refractivity contribution is -0.384. The normalized spacial score (nSPS) is 11.0. The maximum Gasteiger partial charge on any atom is 0.337 e. The summed E-state index contributed by atoms with van der Waals surface area (Å²) in [5.74, 6) is -0.406. The van der Waals surface area contributed by atoms with E-state index in [-0.39, 0.29) is 34.4 Å². The Morgan fingerprint density at radius 2 is 1.62 bits per heavy atom. The standard InChI is InChI=1S/C8H9N9O4/c1-3-5(16(18)19)7(11-9-3)13-15-14-8-6(17(20)21)4(2)10-12-8/h1-2H3,(H3,9,10,11,12,13,14). The van der Waals surface area contributed by atoms with Crippen LogP contribution in [0.1, 0.15) is 11.4 Å². The Hall–Kier alpha value is -3.38. The molecule has 2 aromatic rings. The summed E-state index contributed by atoms with van der Waals surface area (Å²) >= 11 is 0. The molecule has 2 heterocycles. The summed E-state index contributed by atoms with van der Waals surface area (Å²) in [6.07, 6.45) is 0. The molecule has 0 spiro atoms. The maximum absolute atomic E-state index is 10.8. The molecule has 21 heavy (non-hydrogen) atoms. The van der Waals surface area contributed by atoms with Crippen LogP contribution >= 0.6 is 0 Å². The number of hydrogen-bond donors (Lipinski definition) is 3. The predicted octanol–water partition coefficient (Wildman–Crippen LogP) is 1.68. The van der Waals surface area contributed by atoms with Crippen LogP contribution in [-0.4, -0.2) is 30.2 Å². The van der Waals surface area contributed by atoms with E-state index in [1.807, 2.05) is 0 Å². The molecule has 0 unspecified atom stereocenters. The van der Waals surface area contributed by atoms with Crippen molar-refractivity contribution in [2.24, 2.45) is 10.3 Å². The highest BCUT2D eigenvalue weighted by atomic mass is 16.6. The lowest BCUT2D eigenvalue weighted by atomic mass is 10.4. The molecule has 13 heteroatoms. The molecular weight excluding hydrogens is 286 g/mol. The summed E-state index contributed by atoms with van der Waals surface area (Å²) in [5, 5.41) is 40.6. The van der Waals surface area contributed by atoms with E-state index in [0.717, 1.165) is 0 Å². The molecule has 0 radical (unpaired) electrons. The second-order valence-corrected chi connectivity index (χ2v) is 3.89. The molecule has 0 aromatic carbocycles. The number of aryl methyl sites for hydroxylation is 2. The van der Waals surface area contributed by atoms with E-state index in [4.69, 9.17) is 0 Å². The molecule has 2 rings (SSSR count). The Bertz CT molecular complexity index is 730. The van der Waals surface area contributed by atoms with Crippen molar-refractivity contribution in [1.29, 1.82) is 0 Å². The maximum atomic E-state index is 10.8. The Morgan fingerprint density at radius 3 is 2.24 bits per heavy atom. The zero-order chi connectivity index (χ0) is 15.6. The summed E-state index contributed by atoms with van der Waals surface area (Å²) < 4.78 is 0. The third kappa shape index (κ3) is 2.65. The Kier molecular flexibility index (Phi) is 3.55. The van der Waals surface area contributed by atoms with Gasteiger partial charge in [0.2, 0.25) is 5.82 Å². The highest BCUT2D eigenvalue weighted by Gasteiger charge is 2.23. The summed E-state index contributed by atoms with van der Waals surface area (Å²) in [6.45, 7) is 2.93. The number of anilines is 1. The first-order valence-corrected chi connectivity index (χ1v) is 5.47. The smallest absolute Gasteiger partial charge is 0.273 e. The van der Waals surface area contributed by atoms with Gasteiger partial charge >= 0.3 is 11.4 Å². The quantitative estimate of drug-likeness (QED) is 0.425. The first-order valence-electron chi connectivity index (χ1n) is 5.47. The number of H-pyrrole nitrogens is 2. The van der Waals surface area contributed by atoms with Gasteiger partial charge in [-0.05, 0) is 13.8 Å². The molecular formula is C8H9N9O4. The molecule has 0 aliphatic carbocycles. The lowest BCUT2D eigenvalue weighted by Crippen LogP contribution is -1.94. The van der Waals surface area contributed by atoms with Crippen LogP contribution in [0.25, 0.3) is 0 Å². The van der Waals surface area contributed by atoms with Gasteiger partial charge in [-0.3, -0.25) is 30.4 Å². The van der Waals surface area contributed by atoms with E-state index < -0.39 is 9.85 Å². The Labute approximate surface area is 115 Å². The minimum absolute atomic E-state index is 0.156. The zero-order valence-electron chi connectivity index (χ0n) is 10.8. The van der Waals surface area contributed by atoms with Crippen molar-refractivity contribution in [2.45, 2.75) is 13.8 Å². The fourth-order valence-corrected chi connectivity index (χ4v) is 1.54. The second kappa shape index (κ2) is 5.32. The van der Waals surface area contributed by atoms with Crippen LogP contribution in [0.15, 0.2) is 10.3 Å². The van der Waals surface area contributed by atoms with Gasteiger partial charge < -0.3 is 0 Å². The number of rotatable bonds is 5. The van der Waals surface area contributed by atoms with E-state index in [1.54, 1.807) is 0 Å². The molecule has 0 saturated heterocycles. The van der Waals surface area contributed by atoms with Crippen molar-refractivity contribution in [1.82, 2.24) is 20.4 Å². The molecule has 0 fully saturated rings. The molecule has 0 saturated carbocycles. The van der Waals surface area contributed by atoms with Crippen molar-refractivity contribution >= 4 is 23.0 Å². The van der Waals surface area contributed by atoms with Gasteiger partial charge in [0, 0.05) is 0 Å². The Balaban J connectivity index is 2.21. The van der Waals surface area contributed by atoms with Crippen LogP contribution < -0.4 is 5.43 Å². The first-order chi connectivity index (χ1) is 9.91. The third-order valence-corrected chi connectivity index (χ3v) is 2.48. The van der Waals surface area contributed by atoms with Crippen LogP contribution in [0.3, 0.4) is 0 Å². The van der Waals surface area contributed by atoms with Crippen LogP contribution in [0.4, 0.5) is 23.0 Å². The van der Waals surface area contributed by atoms with Crippen molar-refractivity contribution in [3.05, 3.63) is 31.6 Å². The second-order valence-electron chi connectivity index (χ2n) is 3.89. The van der Waals surface area contributed by atoms with Gasteiger partial charge in [0.05, 0.1) is 9.85 Å². The van der Waals surface area contributed by atoms with Crippen molar-refractivity contribution in [3.8, 4) is 0 Å². The van der Waals surface area contributed by atoms with Gasteiger partial charge in [0.25, 0.3) is 5.82 Å². The molecule has 0 bridgehead atoms. The first kappa shape index (κ1) is 14.0. The van der Waals surface area contributed by atoms with E-state index in [1.165, 1.54) is 13.8 Å². The van der Waals surface area contributed by atoms with Gasteiger partial charge in [0.1, 0.15) is 11.4 Å².